The molecule has 0 fully saturated rings. The minimum Gasteiger partial charge on any atom is -0.455 e. The van der Waals surface area contributed by atoms with E-state index in [1.807, 2.05) is 19.2 Å². The fraction of sp³-hybridized carbons (Fsp3) is 0.400. The largest absolute Gasteiger partial charge is 0.455 e. The van der Waals surface area contributed by atoms with E-state index in [9.17, 15) is 9.59 Å². The number of aryl methyl sites for hydroxylation is 2. The van der Waals surface area contributed by atoms with Crippen LogP contribution in [0.3, 0.4) is 0 Å². The Morgan fingerprint density at radius 3 is 2.86 bits per heavy atom. The van der Waals surface area contributed by atoms with Gasteiger partial charge >= 0.3 is 5.69 Å². The highest BCUT2D eigenvalue weighted by atomic mass is 32.2. The first kappa shape index (κ1) is 16.4. The van der Waals surface area contributed by atoms with Crippen molar-refractivity contribution >= 4 is 17.7 Å². The molecule has 0 atom stereocenters. The molecule has 0 saturated carbocycles. The number of nitrogens with zero attached hydrogens (tertiary/aromatic N) is 2. The minimum absolute atomic E-state index is 0.280. The summed E-state index contributed by atoms with van der Waals surface area (Å²) in [5, 5.41) is 2.74. The van der Waals surface area contributed by atoms with Crippen LogP contribution < -0.4 is 11.0 Å². The molecule has 1 amide bonds. The third-order valence-corrected chi connectivity index (χ3v) is 3.71. The summed E-state index contributed by atoms with van der Waals surface area (Å²) in [5.41, 5.74) is 1.22. The molecule has 118 valence electrons. The summed E-state index contributed by atoms with van der Waals surface area (Å²) in [6.45, 7) is 4.34. The Bertz CT molecular complexity index is 721. The minimum atomic E-state index is -0.299. The quantitative estimate of drug-likeness (QED) is 0.877. The van der Waals surface area contributed by atoms with E-state index in [4.69, 9.17) is 4.42 Å². The van der Waals surface area contributed by atoms with Gasteiger partial charge in [0.15, 0.2) is 5.76 Å². The van der Waals surface area contributed by atoms with E-state index in [-0.39, 0.29) is 17.4 Å². The van der Waals surface area contributed by atoms with E-state index >= 15 is 0 Å². The molecule has 0 bridgehead atoms. The maximum Gasteiger partial charge on any atom is 0.348 e. The van der Waals surface area contributed by atoms with Crippen LogP contribution in [0.1, 0.15) is 27.7 Å². The number of carbonyl (C=O) groups excluding carboxylic acids is 1. The molecular weight excluding hydrogens is 302 g/mol. The van der Waals surface area contributed by atoms with Crippen LogP contribution in [0.5, 0.6) is 0 Å². The Morgan fingerprint density at radius 2 is 2.18 bits per heavy atom. The molecule has 2 rings (SSSR count). The fourth-order valence-corrected chi connectivity index (χ4v) is 2.57. The summed E-state index contributed by atoms with van der Waals surface area (Å²) >= 11 is 1.63. The number of aromatic nitrogens is 2. The second kappa shape index (κ2) is 7.31. The maximum atomic E-state index is 12.0. The molecule has 0 aliphatic carbocycles. The zero-order valence-corrected chi connectivity index (χ0v) is 13.7. The summed E-state index contributed by atoms with van der Waals surface area (Å²) in [7, 11) is 0. The van der Waals surface area contributed by atoms with E-state index in [0.717, 1.165) is 17.2 Å². The van der Waals surface area contributed by atoms with Gasteiger partial charge in [0.1, 0.15) is 5.76 Å². The predicted octanol–water partition coefficient (Wildman–Crippen LogP) is 1.75. The van der Waals surface area contributed by atoms with Crippen molar-refractivity contribution in [2.45, 2.75) is 26.1 Å². The summed E-state index contributed by atoms with van der Waals surface area (Å²) in [6.07, 6.45) is 1.97. The van der Waals surface area contributed by atoms with Crippen LogP contribution in [0.25, 0.3) is 0 Å². The molecule has 22 heavy (non-hydrogen) atoms. The van der Waals surface area contributed by atoms with Gasteiger partial charge in [0.25, 0.3) is 5.91 Å². The lowest BCUT2D eigenvalue weighted by Crippen LogP contribution is -2.33. The zero-order valence-electron chi connectivity index (χ0n) is 12.9. The van der Waals surface area contributed by atoms with E-state index < -0.39 is 0 Å². The Morgan fingerprint density at radius 1 is 1.41 bits per heavy atom. The van der Waals surface area contributed by atoms with E-state index in [0.29, 0.717) is 18.8 Å². The smallest absolute Gasteiger partial charge is 0.348 e. The van der Waals surface area contributed by atoms with Gasteiger partial charge in [-0.15, -0.1) is 0 Å². The topological polar surface area (TPSA) is 77.1 Å². The average Bonchev–Trinajstić information content (AvgIpc) is 2.90. The number of carbonyl (C=O) groups is 1. The number of thioether (sulfide) groups is 1. The van der Waals surface area contributed by atoms with Crippen molar-refractivity contribution in [2.24, 2.45) is 0 Å². The van der Waals surface area contributed by atoms with Crippen LogP contribution >= 0.6 is 11.8 Å². The average molecular weight is 321 g/mol. The fourth-order valence-electron chi connectivity index (χ4n) is 2.13. The first-order chi connectivity index (χ1) is 10.5. The van der Waals surface area contributed by atoms with Crippen molar-refractivity contribution in [3.05, 3.63) is 51.6 Å². The van der Waals surface area contributed by atoms with Gasteiger partial charge in [-0.25, -0.2) is 4.79 Å². The Kier molecular flexibility index (Phi) is 5.43. The van der Waals surface area contributed by atoms with Crippen molar-refractivity contribution < 1.29 is 9.21 Å². The second-order valence-corrected chi connectivity index (χ2v) is 5.79. The molecular formula is C15H19N3O3S. The second-order valence-electron chi connectivity index (χ2n) is 4.93. The summed E-state index contributed by atoms with van der Waals surface area (Å²) in [6, 6.07) is 5.29. The van der Waals surface area contributed by atoms with Crippen LogP contribution in [0, 0.1) is 13.8 Å². The SMILES string of the molecule is CSCc1ccc(C(=O)NCCn2c(C)cc(C)nc2=O)o1. The lowest BCUT2D eigenvalue weighted by molar-refractivity contribution is 0.0923. The predicted molar refractivity (Wildman–Crippen MR) is 86.2 cm³/mol. The van der Waals surface area contributed by atoms with Crippen LogP contribution in [0.2, 0.25) is 0 Å². The van der Waals surface area contributed by atoms with E-state index in [1.165, 1.54) is 4.57 Å². The Balaban J connectivity index is 1.93. The van der Waals surface area contributed by atoms with Gasteiger partial charge in [0.05, 0.1) is 5.75 Å². The van der Waals surface area contributed by atoms with Crippen molar-refractivity contribution in [1.29, 1.82) is 0 Å². The molecule has 0 spiro atoms. The normalized spacial score (nSPS) is 10.7. The highest BCUT2D eigenvalue weighted by Crippen LogP contribution is 2.13. The van der Waals surface area contributed by atoms with Crippen LogP contribution in [0.4, 0.5) is 0 Å². The van der Waals surface area contributed by atoms with Crippen molar-refractivity contribution in [1.82, 2.24) is 14.9 Å². The molecule has 0 aliphatic heterocycles. The molecule has 7 heteroatoms. The first-order valence-corrected chi connectivity index (χ1v) is 8.31. The standard InChI is InChI=1S/C15H19N3O3S/c1-10-8-11(2)18(15(20)17-10)7-6-16-14(19)13-5-4-12(21-13)9-22-3/h4-5,8H,6-7,9H2,1-3H3,(H,16,19). The van der Waals surface area contributed by atoms with Crippen molar-refractivity contribution in [3.63, 3.8) is 0 Å². The summed E-state index contributed by atoms with van der Waals surface area (Å²) in [5.74, 6) is 1.51. The van der Waals surface area contributed by atoms with E-state index in [2.05, 4.69) is 10.3 Å². The Labute approximate surface area is 132 Å². The third kappa shape index (κ3) is 4.00. The van der Waals surface area contributed by atoms with Gasteiger partial charge in [-0.1, -0.05) is 0 Å². The van der Waals surface area contributed by atoms with Crippen LogP contribution in [-0.4, -0.2) is 28.3 Å². The number of rotatable bonds is 6. The molecule has 0 aliphatic rings. The highest BCUT2D eigenvalue weighted by molar-refractivity contribution is 7.97. The molecule has 0 saturated heterocycles. The molecule has 6 nitrogen and oxygen atoms in total. The molecule has 2 aromatic rings. The van der Waals surface area contributed by atoms with Crippen molar-refractivity contribution in [3.8, 4) is 0 Å². The summed E-state index contributed by atoms with van der Waals surface area (Å²) in [4.78, 5) is 27.6. The lowest BCUT2D eigenvalue weighted by Gasteiger charge is -2.10. The molecule has 1 N–H and O–H groups in total. The third-order valence-electron chi connectivity index (χ3n) is 3.14. The molecule has 2 aromatic heterocycles. The van der Waals surface area contributed by atoms with Crippen molar-refractivity contribution in [2.75, 3.05) is 12.8 Å². The van der Waals surface area contributed by atoms with Gasteiger partial charge in [-0.3, -0.25) is 9.36 Å². The molecule has 2 heterocycles. The monoisotopic (exact) mass is 321 g/mol. The van der Waals surface area contributed by atoms with E-state index in [1.54, 1.807) is 30.8 Å². The Hall–Kier alpha value is -2.02. The van der Waals surface area contributed by atoms with Gasteiger partial charge in [0, 0.05) is 24.5 Å². The molecule has 0 unspecified atom stereocenters. The molecule has 0 aromatic carbocycles. The number of nitrogens with one attached hydrogen (secondary N) is 1. The van der Waals surface area contributed by atoms with Crippen LogP contribution in [0.15, 0.2) is 27.4 Å². The van der Waals surface area contributed by atoms with Gasteiger partial charge in [-0.05, 0) is 38.3 Å². The number of hydrogen-bond acceptors (Lipinski definition) is 5. The number of amides is 1. The van der Waals surface area contributed by atoms with Gasteiger partial charge < -0.3 is 9.73 Å². The lowest BCUT2D eigenvalue weighted by atomic mass is 10.3. The number of furan rings is 1. The highest BCUT2D eigenvalue weighted by Gasteiger charge is 2.11. The molecule has 0 radical (unpaired) electrons. The van der Waals surface area contributed by atoms with Crippen LogP contribution in [-0.2, 0) is 12.3 Å². The van der Waals surface area contributed by atoms with Gasteiger partial charge in [-0.2, -0.15) is 16.7 Å². The van der Waals surface area contributed by atoms with Gasteiger partial charge in [0.2, 0.25) is 0 Å². The number of hydrogen-bond donors (Lipinski definition) is 1. The summed E-state index contributed by atoms with van der Waals surface area (Å²) < 4.78 is 6.97. The maximum absolute atomic E-state index is 12.0. The first-order valence-electron chi connectivity index (χ1n) is 6.92. The zero-order chi connectivity index (χ0) is 16.1.